The number of rotatable bonds is 5. The topological polar surface area (TPSA) is 81.7 Å². The summed E-state index contributed by atoms with van der Waals surface area (Å²) in [7, 11) is 0. The maximum absolute atomic E-state index is 12.4. The molecule has 6 nitrogen and oxygen atoms in total. The highest BCUT2D eigenvalue weighted by atomic mass is 16.6. The molecule has 2 bridgehead atoms. The van der Waals surface area contributed by atoms with Crippen LogP contribution in [0.4, 0.5) is 0 Å². The van der Waals surface area contributed by atoms with Crippen LogP contribution in [0.25, 0.3) is 0 Å². The summed E-state index contributed by atoms with van der Waals surface area (Å²) in [5.41, 5.74) is 0.982. The van der Waals surface area contributed by atoms with Crippen LogP contribution in [0.15, 0.2) is 30.3 Å². The van der Waals surface area contributed by atoms with E-state index < -0.39 is 11.9 Å². The van der Waals surface area contributed by atoms with Crippen LogP contribution in [0, 0.1) is 23.7 Å². The van der Waals surface area contributed by atoms with Crippen molar-refractivity contribution < 1.29 is 23.9 Å². The molecule has 6 heteroatoms. The van der Waals surface area contributed by atoms with Crippen LogP contribution in [0.2, 0.25) is 0 Å². The Bertz CT molecular complexity index is 701. The Morgan fingerprint density at radius 2 is 2.04 bits per heavy atom. The first-order valence-corrected chi connectivity index (χ1v) is 8.76. The minimum absolute atomic E-state index is 0.0124. The van der Waals surface area contributed by atoms with E-state index in [1.807, 2.05) is 37.3 Å². The maximum Gasteiger partial charge on any atom is 0.310 e. The summed E-state index contributed by atoms with van der Waals surface area (Å²) in [5.74, 6) is -1.60. The van der Waals surface area contributed by atoms with Gasteiger partial charge in [0.15, 0.2) is 6.61 Å². The normalized spacial score (nSPS) is 33.0. The quantitative estimate of drug-likeness (QED) is 0.822. The molecule has 0 radical (unpaired) electrons. The monoisotopic (exact) mass is 343 g/mol. The van der Waals surface area contributed by atoms with E-state index in [0.29, 0.717) is 0 Å². The third-order valence-corrected chi connectivity index (χ3v) is 5.78. The van der Waals surface area contributed by atoms with Crippen molar-refractivity contribution in [2.45, 2.75) is 31.9 Å². The fourth-order valence-corrected chi connectivity index (χ4v) is 4.67. The molecule has 0 unspecified atom stereocenters. The number of carbonyl (C=O) groups is 3. The Labute approximate surface area is 145 Å². The number of fused-ring (bicyclic) bond motifs is 1. The second-order valence-electron chi connectivity index (χ2n) is 7.23. The first-order valence-electron chi connectivity index (χ1n) is 8.76. The first-order chi connectivity index (χ1) is 12.0. The van der Waals surface area contributed by atoms with Crippen molar-refractivity contribution in [3.8, 4) is 0 Å². The summed E-state index contributed by atoms with van der Waals surface area (Å²) in [4.78, 5) is 36.4. The highest BCUT2D eigenvalue weighted by Crippen LogP contribution is 2.57. The zero-order valence-corrected chi connectivity index (χ0v) is 14.0. The van der Waals surface area contributed by atoms with Gasteiger partial charge < -0.3 is 14.8 Å². The van der Waals surface area contributed by atoms with E-state index in [0.717, 1.165) is 18.4 Å². The third kappa shape index (κ3) is 2.79. The average Bonchev–Trinajstić information content (AvgIpc) is 3.22. The van der Waals surface area contributed by atoms with E-state index in [1.165, 1.54) is 0 Å². The highest BCUT2D eigenvalue weighted by Gasteiger charge is 2.64. The highest BCUT2D eigenvalue weighted by molar-refractivity contribution is 5.87. The number of benzene rings is 1. The predicted molar refractivity (Wildman–Crippen MR) is 87.0 cm³/mol. The van der Waals surface area contributed by atoms with Crippen molar-refractivity contribution in [2.75, 3.05) is 6.61 Å². The molecule has 1 aromatic carbocycles. The van der Waals surface area contributed by atoms with E-state index in [4.69, 9.17) is 9.47 Å². The van der Waals surface area contributed by atoms with Crippen molar-refractivity contribution in [3.63, 3.8) is 0 Å². The van der Waals surface area contributed by atoms with Gasteiger partial charge in [0.25, 0.3) is 5.91 Å². The number of ether oxygens (including phenoxy) is 2. The zero-order valence-electron chi connectivity index (χ0n) is 14.0. The van der Waals surface area contributed by atoms with Crippen LogP contribution < -0.4 is 5.32 Å². The molecule has 1 aliphatic heterocycles. The molecule has 0 aromatic heterocycles. The average molecular weight is 343 g/mol. The van der Waals surface area contributed by atoms with Gasteiger partial charge in [-0.3, -0.25) is 14.4 Å². The standard InChI is InChI=1S/C19H21NO5/c1-10(11-5-3-2-4-6-11)20-15(21)9-24-18(22)16-12-7-13-14(8-12)25-19(23)17(13)16/h2-6,10,12-14,16-17H,7-9H2,1H3,(H,20,21)/t10-,12+,13-,14+,16+,17-/m0/s1. The molecule has 2 saturated carbocycles. The molecule has 1 heterocycles. The Morgan fingerprint density at radius 1 is 1.28 bits per heavy atom. The number of esters is 2. The summed E-state index contributed by atoms with van der Waals surface area (Å²) < 4.78 is 10.5. The minimum Gasteiger partial charge on any atom is -0.462 e. The third-order valence-electron chi connectivity index (χ3n) is 5.78. The lowest BCUT2D eigenvalue weighted by Crippen LogP contribution is -2.36. The van der Waals surface area contributed by atoms with Gasteiger partial charge in [-0.25, -0.2) is 0 Å². The lowest BCUT2D eigenvalue weighted by atomic mass is 9.80. The summed E-state index contributed by atoms with van der Waals surface area (Å²) in [6, 6.07) is 9.40. The molecular weight excluding hydrogens is 322 g/mol. The molecule has 3 fully saturated rings. The lowest BCUT2D eigenvalue weighted by Gasteiger charge is -2.22. The molecule has 1 N–H and O–H groups in total. The van der Waals surface area contributed by atoms with Crippen molar-refractivity contribution in [3.05, 3.63) is 35.9 Å². The maximum atomic E-state index is 12.4. The Morgan fingerprint density at radius 3 is 2.80 bits per heavy atom. The van der Waals surface area contributed by atoms with Gasteiger partial charge in [0.1, 0.15) is 6.10 Å². The number of carbonyl (C=O) groups excluding carboxylic acids is 3. The van der Waals surface area contributed by atoms with E-state index in [9.17, 15) is 14.4 Å². The molecule has 1 amide bonds. The molecule has 25 heavy (non-hydrogen) atoms. The fraction of sp³-hybridized carbons (Fsp3) is 0.526. The molecule has 4 rings (SSSR count). The Balaban J connectivity index is 1.30. The van der Waals surface area contributed by atoms with Crippen LogP contribution in [0.5, 0.6) is 0 Å². The van der Waals surface area contributed by atoms with Crippen LogP contribution in [-0.4, -0.2) is 30.6 Å². The molecular formula is C19H21NO5. The number of amides is 1. The fourth-order valence-electron chi connectivity index (χ4n) is 4.67. The van der Waals surface area contributed by atoms with Gasteiger partial charge in [-0.05, 0) is 31.2 Å². The van der Waals surface area contributed by atoms with Crippen molar-refractivity contribution in [2.24, 2.45) is 23.7 Å². The SMILES string of the molecule is C[C@H](NC(=O)COC(=O)[C@@H]1[C@@H]2C[C@@H]3[C@@H]1C(=O)O[C@@H]3C2)c1ccccc1. The predicted octanol–water partition coefficient (Wildman–Crippen LogP) is 1.60. The lowest BCUT2D eigenvalue weighted by molar-refractivity contribution is -0.158. The van der Waals surface area contributed by atoms with Crippen molar-refractivity contribution >= 4 is 17.8 Å². The smallest absolute Gasteiger partial charge is 0.310 e. The second-order valence-corrected chi connectivity index (χ2v) is 7.23. The van der Waals surface area contributed by atoms with E-state index in [2.05, 4.69) is 5.32 Å². The Hall–Kier alpha value is -2.37. The van der Waals surface area contributed by atoms with Gasteiger partial charge in [-0.15, -0.1) is 0 Å². The van der Waals surface area contributed by atoms with E-state index in [-0.39, 0.29) is 48.4 Å². The van der Waals surface area contributed by atoms with Crippen LogP contribution >= 0.6 is 0 Å². The van der Waals surface area contributed by atoms with Crippen LogP contribution in [-0.2, 0) is 23.9 Å². The Kier molecular flexibility index (Phi) is 3.98. The minimum atomic E-state index is -0.449. The molecule has 0 spiro atoms. The molecule has 2 aliphatic carbocycles. The van der Waals surface area contributed by atoms with E-state index >= 15 is 0 Å². The molecule has 1 saturated heterocycles. The second kappa shape index (κ2) is 6.17. The van der Waals surface area contributed by atoms with E-state index in [1.54, 1.807) is 0 Å². The van der Waals surface area contributed by atoms with Gasteiger partial charge in [0, 0.05) is 5.92 Å². The summed E-state index contributed by atoms with van der Waals surface area (Å²) >= 11 is 0. The summed E-state index contributed by atoms with van der Waals surface area (Å²) in [6.45, 7) is 1.55. The van der Waals surface area contributed by atoms with Gasteiger partial charge in [-0.2, -0.15) is 0 Å². The molecule has 3 aliphatic rings. The summed E-state index contributed by atoms with van der Waals surface area (Å²) in [5, 5.41) is 2.81. The largest absolute Gasteiger partial charge is 0.462 e. The summed E-state index contributed by atoms with van der Waals surface area (Å²) in [6.07, 6.45) is 1.57. The van der Waals surface area contributed by atoms with Gasteiger partial charge >= 0.3 is 11.9 Å². The van der Waals surface area contributed by atoms with Crippen LogP contribution in [0.1, 0.15) is 31.4 Å². The molecule has 132 valence electrons. The van der Waals surface area contributed by atoms with Gasteiger partial charge in [0.05, 0.1) is 17.9 Å². The van der Waals surface area contributed by atoms with Crippen molar-refractivity contribution in [1.82, 2.24) is 5.32 Å². The van der Waals surface area contributed by atoms with Gasteiger partial charge in [-0.1, -0.05) is 30.3 Å². The van der Waals surface area contributed by atoms with Crippen molar-refractivity contribution in [1.29, 1.82) is 0 Å². The first kappa shape index (κ1) is 16.1. The number of hydrogen-bond acceptors (Lipinski definition) is 5. The van der Waals surface area contributed by atoms with Gasteiger partial charge in [0.2, 0.25) is 0 Å². The molecule has 6 atom stereocenters. The zero-order chi connectivity index (χ0) is 17.6. The number of nitrogens with one attached hydrogen (secondary N) is 1. The molecule has 1 aromatic rings. The van der Waals surface area contributed by atoms with Crippen LogP contribution in [0.3, 0.4) is 0 Å². The number of hydrogen-bond donors (Lipinski definition) is 1.